The molecular formula is C27H42N6O3S. The van der Waals surface area contributed by atoms with E-state index in [9.17, 15) is 10.4 Å². The van der Waals surface area contributed by atoms with E-state index in [1.54, 1.807) is 0 Å². The molecule has 0 bridgehead atoms. The highest BCUT2D eigenvalue weighted by atomic mass is 32.2. The molecule has 3 heterocycles. The minimum absolute atomic E-state index is 0.0636. The van der Waals surface area contributed by atoms with Gasteiger partial charge in [-0.05, 0) is 92.1 Å². The van der Waals surface area contributed by atoms with Crippen LogP contribution >= 0.6 is 11.8 Å². The summed E-state index contributed by atoms with van der Waals surface area (Å²) in [6, 6.07) is 10.3. The van der Waals surface area contributed by atoms with E-state index in [1.807, 2.05) is 85.7 Å². The number of piperidine rings is 2. The zero-order valence-electron chi connectivity index (χ0n) is 23.3. The Balaban J connectivity index is 1.61. The summed E-state index contributed by atoms with van der Waals surface area (Å²) < 4.78 is 6.38. The van der Waals surface area contributed by atoms with Gasteiger partial charge in [-0.1, -0.05) is 18.2 Å². The highest BCUT2D eigenvalue weighted by Gasteiger charge is 2.47. The molecule has 1 aromatic heterocycles. The van der Waals surface area contributed by atoms with Gasteiger partial charge in [0, 0.05) is 45.9 Å². The second-order valence-electron chi connectivity index (χ2n) is 12.9. The lowest BCUT2D eigenvalue weighted by Crippen LogP contribution is -2.61. The molecule has 1 aromatic carbocycles. The minimum atomic E-state index is -0.447. The maximum absolute atomic E-state index is 10.7. The molecule has 2 aliphatic heterocycles. The fourth-order valence-electron chi connectivity index (χ4n) is 6.06. The molecule has 0 spiro atoms. The Morgan fingerprint density at radius 1 is 0.784 bits per heavy atom. The zero-order valence-corrected chi connectivity index (χ0v) is 24.1. The van der Waals surface area contributed by atoms with Crippen LogP contribution in [0.15, 0.2) is 40.4 Å². The number of aromatic nitrogens is 3. The van der Waals surface area contributed by atoms with Crippen molar-refractivity contribution in [1.82, 2.24) is 25.1 Å². The highest BCUT2D eigenvalue weighted by Crippen LogP contribution is 2.39. The van der Waals surface area contributed by atoms with Crippen molar-refractivity contribution >= 4 is 17.7 Å². The number of nitrogens with one attached hydrogen (secondary N) is 1. The van der Waals surface area contributed by atoms with E-state index < -0.39 is 22.2 Å². The lowest BCUT2D eigenvalue weighted by Gasteiger charge is -2.51. The molecule has 0 unspecified atom stereocenters. The summed E-state index contributed by atoms with van der Waals surface area (Å²) in [6.07, 6.45) is 2.58. The van der Waals surface area contributed by atoms with Crippen LogP contribution in [-0.4, -0.2) is 69.8 Å². The molecule has 37 heavy (non-hydrogen) atoms. The average molecular weight is 531 g/mol. The van der Waals surface area contributed by atoms with Gasteiger partial charge in [0.25, 0.3) is 0 Å². The topological polar surface area (TPSA) is 107 Å². The Morgan fingerprint density at radius 2 is 1.30 bits per heavy atom. The van der Waals surface area contributed by atoms with E-state index in [0.29, 0.717) is 23.9 Å². The fraction of sp³-hybridized carbons (Fsp3) is 0.667. The van der Waals surface area contributed by atoms with Crippen LogP contribution in [0.25, 0.3) is 0 Å². The highest BCUT2D eigenvalue weighted by molar-refractivity contribution is 7.99. The monoisotopic (exact) mass is 530 g/mol. The fourth-order valence-corrected chi connectivity index (χ4v) is 6.82. The van der Waals surface area contributed by atoms with Crippen molar-refractivity contribution in [2.75, 3.05) is 5.32 Å². The third-order valence-electron chi connectivity index (χ3n) is 7.39. The number of hydroxylamine groups is 4. The minimum Gasteiger partial charge on any atom is -0.460 e. The van der Waals surface area contributed by atoms with Crippen molar-refractivity contribution in [3.05, 3.63) is 30.3 Å². The number of hydrogen-bond donors (Lipinski definition) is 3. The summed E-state index contributed by atoms with van der Waals surface area (Å²) in [4.78, 5) is 15.1. The summed E-state index contributed by atoms with van der Waals surface area (Å²) in [5.41, 5.74) is -1.69. The first-order valence-corrected chi connectivity index (χ1v) is 13.8. The van der Waals surface area contributed by atoms with E-state index in [1.165, 1.54) is 21.9 Å². The van der Waals surface area contributed by atoms with Crippen molar-refractivity contribution in [3.63, 3.8) is 0 Å². The largest absolute Gasteiger partial charge is 0.460 e. The van der Waals surface area contributed by atoms with Crippen LogP contribution in [0.3, 0.4) is 0 Å². The predicted molar refractivity (Wildman–Crippen MR) is 144 cm³/mol. The van der Waals surface area contributed by atoms with Gasteiger partial charge in [-0.15, -0.1) is 0 Å². The zero-order chi connectivity index (χ0) is 27.2. The molecule has 204 valence electrons. The van der Waals surface area contributed by atoms with Crippen molar-refractivity contribution in [3.8, 4) is 6.01 Å². The lowest BCUT2D eigenvalue weighted by atomic mass is 9.79. The van der Waals surface area contributed by atoms with E-state index >= 15 is 0 Å². The van der Waals surface area contributed by atoms with Crippen LogP contribution in [0.5, 0.6) is 6.01 Å². The van der Waals surface area contributed by atoms with Gasteiger partial charge in [-0.25, -0.2) is 0 Å². The third-order valence-corrected chi connectivity index (χ3v) is 8.26. The first kappa shape index (κ1) is 28.0. The van der Waals surface area contributed by atoms with Crippen molar-refractivity contribution < 1.29 is 15.2 Å². The van der Waals surface area contributed by atoms with Crippen LogP contribution in [0.1, 0.15) is 81.1 Å². The van der Waals surface area contributed by atoms with E-state index in [4.69, 9.17) is 9.72 Å². The third kappa shape index (κ3) is 6.37. The molecule has 3 N–H and O–H groups in total. The summed E-state index contributed by atoms with van der Waals surface area (Å²) in [5.74, 6) is 0.463. The Labute approximate surface area is 225 Å². The molecule has 2 aliphatic rings. The van der Waals surface area contributed by atoms with Crippen LogP contribution < -0.4 is 10.1 Å². The average Bonchev–Trinajstić information content (AvgIpc) is 2.75. The van der Waals surface area contributed by atoms with Gasteiger partial charge in [0.05, 0.1) is 0 Å². The number of nitrogens with zero attached hydrogens (tertiary/aromatic N) is 5. The van der Waals surface area contributed by atoms with Crippen molar-refractivity contribution in [2.24, 2.45) is 0 Å². The standard InChI is InChI=1S/C27H42N6O3S/c1-24(2)14-18(15-25(3,4)32(24)34)28-21-29-22(31-23(30-21)37-20-12-10-9-11-13-20)36-19-16-26(5,6)33(35)27(7,8)17-19/h9-13,18-19,34-35H,14-17H2,1-8H3,(H,28,29,30,31). The normalized spacial score (nSPS) is 24.1. The summed E-state index contributed by atoms with van der Waals surface area (Å²) in [7, 11) is 0. The Kier molecular flexibility index (Phi) is 7.55. The molecule has 2 aromatic rings. The molecule has 2 fully saturated rings. The molecule has 0 radical (unpaired) electrons. The molecular weight excluding hydrogens is 488 g/mol. The molecule has 2 saturated heterocycles. The van der Waals surface area contributed by atoms with Crippen molar-refractivity contribution in [2.45, 2.75) is 125 Å². The van der Waals surface area contributed by atoms with E-state index in [-0.39, 0.29) is 18.2 Å². The number of hydrogen-bond acceptors (Lipinski definition) is 10. The molecule has 0 atom stereocenters. The Bertz CT molecular complexity index is 997. The maximum atomic E-state index is 10.7. The molecule has 9 nitrogen and oxygen atoms in total. The molecule has 0 saturated carbocycles. The second-order valence-corrected chi connectivity index (χ2v) is 14.0. The van der Waals surface area contributed by atoms with E-state index in [0.717, 1.165) is 17.7 Å². The van der Waals surface area contributed by atoms with Gasteiger partial charge in [-0.3, -0.25) is 0 Å². The Morgan fingerprint density at radius 3 is 1.84 bits per heavy atom. The van der Waals surface area contributed by atoms with Gasteiger partial charge < -0.3 is 20.5 Å². The number of ether oxygens (including phenoxy) is 1. The van der Waals surface area contributed by atoms with Gasteiger partial charge >= 0.3 is 6.01 Å². The predicted octanol–water partition coefficient (Wildman–Crippen LogP) is 5.64. The lowest BCUT2D eigenvalue weighted by molar-refractivity contribution is -0.255. The number of benzene rings is 1. The van der Waals surface area contributed by atoms with Crippen LogP contribution in [-0.2, 0) is 0 Å². The van der Waals surface area contributed by atoms with Crippen LogP contribution in [0.4, 0.5) is 5.95 Å². The van der Waals surface area contributed by atoms with Gasteiger partial charge in [0.1, 0.15) is 6.10 Å². The molecule has 0 amide bonds. The first-order valence-electron chi connectivity index (χ1n) is 13.0. The van der Waals surface area contributed by atoms with Crippen LogP contribution in [0, 0.1) is 0 Å². The quantitative estimate of drug-likeness (QED) is 0.435. The van der Waals surface area contributed by atoms with E-state index in [2.05, 4.69) is 15.3 Å². The van der Waals surface area contributed by atoms with Gasteiger partial charge in [0.2, 0.25) is 11.1 Å². The molecule has 10 heteroatoms. The SMILES string of the molecule is CC1(C)CC(Nc2nc(OC3CC(C)(C)N(O)C(C)(C)C3)nc(Sc3ccccc3)n2)CC(C)(C)N1O. The summed E-state index contributed by atoms with van der Waals surface area (Å²) in [5, 5.41) is 28.4. The molecule has 0 aliphatic carbocycles. The van der Waals surface area contributed by atoms with Crippen LogP contribution in [0.2, 0.25) is 0 Å². The molecule has 4 rings (SSSR count). The first-order chi connectivity index (χ1) is 17.1. The number of rotatable bonds is 6. The van der Waals surface area contributed by atoms with Crippen molar-refractivity contribution in [1.29, 1.82) is 0 Å². The Hall–Kier alpha value is -1.98. The maximum Gasteiger partial charge on any atom is 0.322 e. The van der Waals surface area contributed by atoms with Gasteiger partial charge in [-0.2, -0.15) is 25.1 Å². The summed E-state index contributed by atoms with van der Waals surface area (Å²) in [6.45, 7) is 16.2. The van der Waals surface area contributed by atoms with Gasteiger partial charge in [0.15, 0.2) is 0 Å². The number of anilines is 1. The second kappa shape index (κ2) is 9.96. The smallest absolute Gasteiger partial charge is 0.322 e. The summed E-state index contributed by atoms with van der Waals surface area (Å²) >= 11 is 1.46.